The molecule has 0 atom stereocenters. The summed E-state index contributed by atoms with van der Waals surface area (Å²) < 4.78 is 7.43. The fraction of sp³-hybridized carbons (Fsp3) is 0.316. The number of nitrogens with zero attached hydrogens (tertiary/aromatic N) is 3. The zero-order valence-electron chi connectivity index (χ0n) is 15.0. The minimum Gasteiger partial charge on any atom is -0.459 e. The molecule has 0 radical (unpaired) electrons. The van der Waals surface area contributed by atoms with Gasteiger partial charge in [0, 0.05) is 0 Å². The highest BCUT2D eigenvalue weighted by molar-refractivity contribution is 7.99. The van der Waals surface area contributed by atoms with E-state index in [4.69, 9.17) is 4.74 Å². The van der Waals surface area contributed by atoms with Crippen LogP contribution in [0.5, 0.6) is 0 Å². The molecule has 0 unspecified atom stereocenters. The van der Waals surface area contributed by atoms with Crippen molar-refractivity contribution in [3.05, 3.63) is 53.4 Å². The van der Waals surface area contributed by atoms with Crippen LogP contribution in [0, 0.1) is 0 Å². The van der Waals surface area contributed by atoms with Crippen molar-refractivity contribution in [3.8, 4) is 10.7 Å². The Labute approximate surface area is 161 Å². The Bertz CT molecular complexity index is 853. The van der Waals surface area contributed by atoms with Crippen molar-refractivity contribution in [2.24, 2.45) is 0 Å². The average Bonchev–Trinajstić information content (AvgIpc) is 3.22. The Hall–Kier alpha value is -2.12. The standard InChI is InChI=1S/C19H21N3O2S2/c1-19(2,3)24-16(23)13-26-18-21-20-17(15-10-7-11-25-15)22(18)12-14-8-5-4-6-9-14/h4-11H,12-13H2,1-3H3. The summed E-state index contributed by atoms with van der Waals surface area (Å²) in [6.45, 7) is 6.24. The maximum absolute atomic E-state index is 12.0. The normalized spacial score (nSPS) is 11.5. The summed E-state index contributed by atoms with van der Waals surface area (Å²) in [6, 6.07) is 14.2. The van der Waals surface area contributed by atoms with Crippen LogP contribution in [0.2, 0.25) is 0 Å². The summed E-state index contributed by atoms with van der Waals surface area (Å²) >= 11 is 2.97. The number of ether oxygens (including phenoxy) is 1. The third-order valence-corrected chi connectivity index (χ3v) is 5.19. The van der Waals surface area contributed by atoms with Crippen LogP contribution in [-0.2, 0) is 16.1 Å². The number of rotatable bonds is 6. The van der Waals surface area contributed by atoms with Crippen molar-refractivity contribution in [1.29, 1.82) is 0 Å². The van der Waals surface area contributed by atoms with Crippen molar-refractivity contribution in [2.45, 2.75) is 38.1 Å². The molecule has 3 aromatic rings. The number of hydrogen-bond acceptors (Lipinski definition) is 6. The second kappa shape index (κ2) is 8.05. The molecule has 3 rings (SSSR count). The number of thioether (sulfide) groups is 1. The van der Waals surface area contributed by atoms with E-state index < -0.39 is 5.60 Å². The second-order valence-corrected chi connectivity index (χ2v) is 8.62. The van der Waals surface area contributed by atoms with Crippen molar-refractivity contribution in [3.63, 3.8) is 0 Å². The zero-order valence-corrected chi connectivity index (χ0v) is 16.6. The number of carbonyl (C=O) groups excluding carboxylic acids is 1. The van der Waals surface area contributed by atoms with Gasteiger partial charge in [0.05, 0.1) is 17.2 Å². The fourth-order valence-electron chi connectivity index (χ4n) is 2.39. The van der Waals surface area contributed by atoms with Crippen LogP contribution >= 0.6 is 23.1 Å². The Morgan fingerprint density at radius 2 is 1.92 bits per heavy atom. The second-order valence-electron chi connectivity index (χ2n) is 6.73. The molecule has 5 nitrogen and oxygen atoms in total. The molecule has 0 fully saturated rings. The molecule has 0 spiro atoms. The van der Waals surface area contributed by atoms with E-state index in [2.05, 4.69) is 26.9 Å². The molecule has 136 valence electrons. The first-order valence-corrected chi connectivity index (χ1v) is 10.1. The molecule has 0 bridgehead atoms. The fourth-order valence-corrected chi connectivity index (χ4v) is 3.82. The number of esters is 1. The maximum atomic E-state index is 12.0. The first kappa shape index (κ1) is 18.7. The van der Waals surface area contributed by atoms with E-state index in [0.29, 0.717) is 11.7 Å². The third kappa shape index (κ3) is 4.95. The number of hydrogen-bond donors (Lipinski definition) is 0. The smallest absolute Gasteiger partial charge is 0.316 e. The minimum absolute atomic E-state index is 0.203. The predicted octanol–water partition coefficient (Wildman–Crippen LogP) is 4.49. The van der Waals surface area contributed by atoms with Crippen LogP contribution in [0.25, 0.3) is 10.7 Å². The number of aromatic nitrogens is 3. The molecule has 0 saturated carbocycles. The van der Waals surface area contributed by atoms with Gasteiger partial charge in [0.25, 0.3) is 0 Å². The lowest BCUT2D eigenvalue weighted by molar-refractivity contribution is -0.151. The molecule has 0 saturated heterocycles. The summed E-state index contributed by atoms with van der Waals surface area (Å²) in [5, 5.41) is 11.4. The Kier molecular flexibility index (Phi) is 5.78. The molecule has 0 amide bonds. The van der Waals surface area contributed by atoms with E-state index in [9.17, 15) is 4.79 Å². The molecule has 2 aromatic heterocycles. The maximum Gasteiger partial charge on any atom is 0.316 e. The molecule has 0 aliphatic heterocycles. The summed E-state index contributed by atoms with van der Waals surface area (Å²) in [4.78, 5) is 13.1. The van der Waals surface area contributed by atoms with Crippen LogP contribution in [-0.4, -0.2) is 32.1 Å². The van der Waals surface area contributed by atoms with Gasteiger partial charge < -0.3 is 4.74 Å². The summed E-state index contributed by atoms with van der Waals surface area (Å²) in [5.74, 6) is 0.763. The van der Waals surface area contributed by atoms with E-state index in [1.165, 1.54) is 11.8 Å². The average molecular weight is 388 g/mol. The van der Waals surface area contributed by atoms with Crippen LogP contribution in [0.1, 0.15) is 26.3 Å². The highest BCUT2D eigenvalue weighted by Gasteiger charge is 2.20. The lowest BCUT2D eigenvalue weighted by atomic mass is 10.2. The van der Waals surface area contributed by atoms with E-state index >= 15 is 0 Å². The first-order valence-electron chi connectivity index (χ1n) is 8.28. The molecule has 0 aliphatic rings. The molecular weight excluding hydrogens is 366 g/mol. The largest absolute Gasteiger partial charge is 0.459 e. The molecule has 7 heteroatoms. The van der Waals surface area contributed by atoms with Gasteiger partial charge in [-0.15, -0.1) is 21.5 Å². The Balaban J connectivity index is 1.82. The van der Waals surface area contributed by atoms with E-state index in [1.54, 1.807) is 11.3 Å². The molecule has 1 aromatic carbocycles. The highest BCUT2D eigenvalue weighted by Crippen LogP contribution is 2.28. The van der Waals surface area contributed by atoms with Gasteiger partial charge in [-0.25, -0.2) is 0 Å². The van der Waals surface area contributed by atoms with E-state index in [1.807, 2.05) is 56.5 Å². The highest BCUT2D eigenvalue weighted by atomic mass is 32.2. The van der Waals surface area contributed by atoms with Gasteiger partial charge in [-0.3, -0.25) is 9.36 Å². The summed E-state index contributed by atoms with van der Waals surface area (Å²) in [5.41, 5.74) is 0.668. The number of benzene rings is 1. The van der Waals surface area contributed by atoms with E-state index in [-0.39, 0.29) is 11.7 Å². The molecule has 26 heavy (non-hydrogen) atoms. The van der Waals surface area contributed by atoms with Gasteiger partial charge in [-0.2, -0.15) is 0 Å². The quantitative estimate of drug-likeness (QED) is 0.461. The van der Waals surface area contributed by atoms with Crippen molar-refractivity contribution in [1.82, 2.24) is 14.8 Å². The van der Waals surface area contributed by atoms with Gasteiger partial charge in [0.15, 0.2) is 11.0 Å². The lowest BCUT2D eigenvalue weighted by Gasteiger charge is -2.19. The van der Waals surface area contributed by atoms with Gasteiger partial charge in [0.1, 0.15) is 5.60 Å². The zero-order chi connectivity index (χ0) is 18.6. The molecule has 2 heterocycles. The Morgan fingerprint density at radius 1 is 1.15 bits per heavy atom. The van der Waals surface area contributed by atoms with E-state index in [0.717, 1.165) is 16.3 Å². The SMILES string of the molecule is CC(C)(C)OC(=O)CSc1nnc(-c2cccs2)n1Cc1ccccc1. The molecule has 0 aliphatic carbocycles. The van der Waals surface area contributed by atoms with Crippen LogP contribution < -0.4 is 0 Å². The van der Waals surface area contributed by atoms with Gasteiger partial charge in [-0.05, 0) is 37.8 Å². The van der Waals surface area contributed by atoms with Gasteiger partial charge in [-0.1, -0.05) is 48.2 Å². The van der Waals surface area contributed by atoms with Crippen molar-refractivity contribution < 1.29 is 9.53 Å². The van der Waals surface area contributed by atoms with Crippen LogP contribution in [0.3, 0.4) is 0 Å². The summed E-state index contributed by atoms with van der Waals surface area (Å²) in [6.07, 6.45) is 0. The van der Waals surface area contributed by atoms with Crippen LogP contribution in [0.4, 0.5) is 0 Å². The van der Waals surface area contributed by atoms with Crippen molar-refractivity contribution in [2.75, 3.05) is 5.75 Å². The van der Waals surface area contributed by atoms with Gasteiger partial charge >= 0.3 is 5.97 Å². The third-order valence-electron chi connectivity index (χ3n) is 3.38. The minimum atomic E-state index is -0.489. The topological polar surface area (TPSA) is 57.0 Å². The molecule has 0 N–H and O–H groups in total. The monoisotopic (exact) mass is 387 g/mol. The Morgan fingerprint density at radius 3 is 2.58 bits per heavy atom. The molecular formula is C19H21N3O2S2. The number of thiophene rings is 1. The number of carbonyl (C=O) groups is 1. The van der Waals surface area contributed by atoms with Crippen molar-refractivity contribution >= 4 is 29.1 Å². The van der Waals surface area contributed by atoms with Gasteiger partial charge in [0.2, 0.25) is 0 Å². The lowest BCUT2D eigenvalue weighted by Crippen LogP contribution is -2.25. The predicted molar refractivity (Wildman–Crippen MR) is 105 cm³/mol. The first-order chi connectivity index (χ1) is 12.4. The van der Waals surface area contributed by atoms with Crippen LogP contribution in [0.15, 0.2) is 53.0 Å². The summed E-state index contributed by atoms with van der Waals surface area (Å²) in [7, 11) is 0.